The first kappa shape index (κ1) is 19.0. The first-order valence-corrected chi connectivity index (χ1v) is 7.97. The molecule has 0 aromatic heterocycles. The highest BCUT2D eigenvalue weighted by molar-refractivity contribution is 6.01. The van der Waals surface area contributed by atoms with Gasteiger partial charge in [-0.2, -0.15) is 0 Å². The van der Waals surface area contributed by atoms with E-state index >= 15 is 0 Å². The number of nitrogens with one attached hydrogen (secondary N) is 1. The number of hydrogen-bond acceptors (Lipinski definition) is 5. The van der Waals surface area contributed by atoms with E-state index in [-0.39, 0.29) is 17.9 Å². The lowest BCUT2D eigenvalue weighted by Crippen LogP contribution is -2.22. The summed E-state index contributed by atoms with van der Waals surface area (Å²) in [6.07, 6.45) is 0.793. The van der Waals surface area contributed by atoms with Crippen LogP contribution in [0.3, 0.4) is 0 Å². The number of nitrogens with two attached hydrogens (primary N) is 1. The molecule has 0 saturated heterocycles. The normalized spacial score (nSPS) is 10.0. The van der Waals surface area contributed by atoms with Crippen LogP contribution < -0.4 is 15.8 Å². The Balaban J connectivity index is 1.95. The maximum Gasteiger partial charge on any atom is 0.340 e. The van der Waals surface area contributed by atoms with Crippen molar-refractivity contribution >= 4 is 23.5 Å². The van der Waals surface area contributed by atoms with Gasteiger partial charge in [-0.1, -0.05) is 24.3 Å². The van der Waals surface area contributed by atoms with E-state index in [1.165, 1.54) is 6.07 Å². The number of rotatable bonds is 8. The van der Waals surface area contributed by atoms with Gasteiger partial charge in [0.15, 0.2) is 6.61 Å². The Hall–Kier alpha value is -3.35. The number of anilines is 1. The molecule has 2 aromatic rings. The predicted octanol–water partition coefficient (Wildman–Crippen LogP) is 1.91. The summed E-state index contributed by atoms with van der Waals surface area (Å²) >= 11 is 0. The predicted molar refractivity (Wildman–Crippen MR) is 95.9 cm³/mol. The number of ether oxygens (including phenoxy) is 2. The molecule has 0 spiro atoms. The van der Waals surface area contributed by atoms with Gasteiger partial charge in [0.25, 0.3) is 5.91 Å². The molecule has 0 radical (unpaired) electrons. The molecule has 2 amide bonds. The van der Waals surface area contributed by atoms with Crippen molar-refractivity contribution in [1.82, 2.24) is 0 Å². The zero-order chi connectivity index (χ0) is 18.9. The van der Waals surface area contributed by atoms with Gasteiger partial charge in [0.05, 0.1) is 18.4 Å². The molecule has 136 valence electrons. The smallest absolute Gasteiger partial charge is 0.340 e. The summed E-state index contributed by atoms with van der Waals surface area (Å²) in [5.41, 5.74) is 6.43. The second-order valence-electron chi connectivity index (χ2n) is 5.48. The SMILES string of the molecule is COc1ccc(CCC(=O)Nc2ccccc2C(=O)OCC(N)=O)cc1. The molecular formula is C19H20N2O5. The molecule has 3 N–H and O–H groups in total. The number of aryl methyl sites for hydroxylation is 1. The summed E-state index contributed by atoms with van der Waals surface area (Å²) in [7, 11) is 1.59. The molecule has 0 aliphatic heterocycles. The molecule has 0 fully saturated rings. The van der Waals surface area contributed by atoms with E-state index in [0.717, 1.165) is 11.3 Å². The molecule has 26 heavy (non-hydrogen) atoms. The fourth-order valence-corrected chi connectivity index (χ4v) is 2.25. The summed E-state index contributed by atoms with van der Waals surface area (Å²) in [5, 5.41) is 2.69. The van der Waals surface area contributed by atoms with Gasteiger partial charge in [-0.3, -0.25) is 9.59 Å². The molecule has 7 nitrogen and oxygen atoms in total. The highest BCUT2D eigenvalue weighted by Crippen LogP contribution is 2.17. The van der Waals surface area contributed by atoms with Gasteiger partial charge in [0.2, 0.25) is 5.91 Å². The first-order valence-electron chi connectivity index (χ1n) is 7.97. The van der Waals surface area contributed by atoms with Crippen LogP contribution in [0.5, 0.6) is 5.75 Å². The number of carbonyl (C=O) groups is 3. The number of para-hydroxylation sites is 1. The topological polar surface area (TPSA) is 108 Å². The second kappa shape index (κ2) is 9.22. The van der Waals surface area contributed by atoms with E-state index in [9.17, 15) is 14.4 Å². The van der Waals surface area contributed by atoms with Crippen LogP contribution in [0.2, 0.25) is 0 Å². The van der Waals surface area contributed by atoms with Crippen LogP contribution in [0, 0.1) is 0 Å². The Kier molecular flexibility index (Phi) is 6.73. The van der Waals surface area contributed by atoms with Crippen LogP contribution >= 0.6 is 0 Å². The lowest BCUT2D eigenvalue weighted by molar-refractivity contribution is -0.121. The summed E-state index contributed by atoms with van der Waals surface area (Å²) in [5.74, 6) is -0.966. The summed E-state index contributed by atoms with van der Waals surface area (Å²) in [6, 6.07) is 13.9. The molecular weight excluding hydrogens is 336 g/mol. The van der Waals surface area contributed by atoms with Gasteiger partial charge in [0, 0.05) is 6.42 Å². The third-order valence-corrected chi connectivity index (χ3v) is 3.57. The van der Waals surface area contributed by atoms with Gasteiger partial charge in [0.1, 0.15) is 5.75 Å². The van der Waals surface area contributed by atoms with Gasteiger partial charge >= 0.3 is 5.97 Å². The zero-order valence-electron chi connectivity index (χ0n) is 14.4. The highest BCUT2D eigenvalue weighted by Gasteiger charge is 2.15. The van der Waals surface area contributed by atoms with Crippen molar-refractivity contribution in [2.24, 2.45) is 5.73 Å². The number of methoxy groups -OCH3 is 1. The zero-order valence-corrected chi connectivity index (χ0v) is 14.4. The Morgan fingerprint density at radius 2 is 1.73 bits per heavy atom. The number of benzene rings is 2. The molecule has 0 unspecified atom stereocenters. The van der Waals surface area contributed by atoms with E-state index < -0.39 is 18.5 Å². The first-order chi connectivity index (χ1) is 12.5. The average Bonchev–Trinajstić information content (AvgIpc) is 2.65. The molecule has 2 rings (SSSR count). The minimum absolute atomic E-state index is 0.159. The maximum atomic E-state index is 12.2. The van der Waals surface area contributed by atoms with Crippen LogP contribution in [-0.4, -0.2) is 31.5 Å². The maximum absolute atomic E-state index is 12.2. The Bertz CT molecular complexity index is 787. The van der Waals surface area contributed by atoms with Crippen LogP contribution in [0.4, 0.5) is 5.69 Å². The summed E-state index contributed by atoms with van der Waals surface area (Å²) in [4.78, 5) is 34.9. The summed E-state index contributed by atoms with van der Waals surface area (Å²) in [6.45, 7) is -0.515. The van der Waals surface area contributed by atoms with E-state index in [1.807, 2.05) is 24.3 Å². The molecule has 0 saturated carbocycles. The molecule has 7 heteroatoms. The third-order valence-electron chi connectivity index (χ3n) is 3.57. The van der Waals surface area contributed by atoms with E-state index in [0.29, 0.717) is 12.1 Å². The van der Waals surface area contributed by atoms with Crippen LogP contribution in [0.25, 0.3) is 0 Å². The quantitative estimate of drug-likeness (QED) is 0.703. The molecule has 0 atom stereocenters. The Morgan fingerprint density at radius 3 is 2.38 bits per heavy atom. The largest absolute Gasteiger partial charge is 0.497 e. The number of esters is 1. The molecule has 0 aliphatic rings. The fraction of sp³-hybridized carbons (Fsp3) is 0.211. The van der Waals surface area contributed by atoms with Crippen LogP contribution in [0.1, 0.15) is 22.3 Å². The van der Waals surface area contributed by atoms with E-state index in [1.54, 1.807) is 25.3 Å². The monoisotopic (exact) mass is 356 g/mol. The standard InChI is InChI=1S/C19H20N2O5/c1-25-14-9-6-13(7-10-14)8-11-18(23)21-16-5-3-2-4-15(16)19(24)26-12-17(20)22/h2-7,9-10H,8,11-12H2,1H3,(H2,20,22)(H,21,23). The lowest BCUT2D eigenvalue weighted by atomic mass is 10.1. The van der Waals surface area contributed by atoms with Crippen molar-refractivity contribution in [3.05, 3.63) is 59.7 Å². The fourth-order valence-electron chi connectivity index (χ4n) is 2.25. The number of carbonyl (C=O) groups excluding carboxylic acids is 3. The van der Waals surface area contributed by atoms with E-state index in [4.69, 9.17) is 15.2 Å². The van der Waals surface area contributed by atoms with Gasteiger partial charge in [-0.25, -0.2) is 4.79 Å². The van der Waals surface area contributed by atoms with Crippen molar-refractivity contribution in [3.63, 3.8) is 0 Å². The van der Waals surface area contributed by atoms with Gasteiger partial charge in [-0.15, -0.1) is 0 Å². The minimum atomic E-state index is -0.751. The van der Waals surface area contributed by atoms with Crippen molar-refractivity contribution in [2.75, 3.05) is 19.0 Å². The highest BCUT2D eigenvalue weighted by atomic mass is 16.5. The molecule has 0 bridgehead atoms. The average molecular weight is 356 g/mol. The molecule has 0 heterocycles. The van der Waals surface area contributed by atoms with Crippen LogP contribution in [0.15, 0.2) is 48.5 Å². The molecule has 0 aliphatic carbocycles. The van der Waals surface area contributed by atoms with Crippen molar-refractivity contribution in [2.45, 2.75) is 12.8 Å². The lowest BCUT2D eigenvalue weighted by Gasteiger charge is -2.10. The Labute approximate surface area is 151 Å². The van der Waals surface area contributed by atoms with Gasteiger partial charge < -0.3 is 20.5 Å². The van der Waals surface area contributed by atoms with Gasteiger partial charge in [-0.05, 0) is 36.2 Å². The van der Waals surface area contributed by atoms with Crippen molar-refractivity contribution in [1.29, 1.82) is 0 Å². The van der Waals surface area contributed by atoms with Crippen LogP contribution in [-0.2, 0) is 20.7 Å². The number of primary amides is 1. The molecule has 2 aromatic carbocycles. The Morgan fingerprint density at radius 1 is 1.04 bits per heavy atom. The minimum Gasteiger partial charge on any atom is -0.497 e. The second-order valence-corrected chi connectivity index (χ2v) is 5.48. The van der Waals surface area contributed by atoms with Crippen molar-refractivity contribution in [3.8, 4) is 5.75 Å². The number of hydrogen-bond donors (Lipinski definition) is 2. The summed E-state index contributed by atoms with van der Waals surface area (Å²) < 4.78 is 9.88. The number of amides is 2. The van der Waals surface area contributed by atoms with E-state index in [2.05, 4.69) is 5.32 Å². The van der Waals surface area contributed by atoms with Crippen molar-refractivity contribution < 1.29 is 23.9 Å². The third kappa shape index (κ3) is 5.62.